The van der Waals surface area contributed by atoms with E-state index in [4.69, 9.17) is 16.3 Å². The van der Waals surface area contributed by atoms with E-state index in [9.17, 15) is 14.7 Å². The van der Waals surface area contributed by atoms with Crippen LogP contribution >= 0.6 is 11.6 Å². The lowest BCUT2D eigenvalue weighted by Crippen LogP contribution is -2.42. The summed E-state index contributed by atoms with van der Waals surface area (Å²) < 4.78 is 5.40. The Morgan fingerprint density at radius 1 is 1.06 bits per heavy atom. The minimum Gasteiger partial charge on any atom is -0.507 e. The van der Waals surface area contributed by atoms with Crippen molar-refractivity contribution < 1.29 is 19.4 Å². The van der Waals surface area contributed by atoms with Crippen molar-refractivity contribution in [3.63, 3.8) is 0 Å². The first-order valence-corrected chi connectivity index (χ1v) is 11.2. The van der Waals surface area contributed by atoms with Gasteiger partial charge < -0.3 is 14.7 Å². The number of aryl methyl sites for hydroxylation is 2. The van der Waals surface area contributed by atoms with Gasteiger partial charge in [-0.05, 0) is 43.2 Å². The lowest BCUT2D eigenvalue weighted by Gasteiger charge is -2.31. The molecule has 4 rings (SSSR count). The molecule has 1 N–H and O–H groups in total. The Hall–Kier alpha value is -2.67. The number of aliphatic hydroxyl groups excluding tert-OH is 1. The molecule has 32 heavy (non-hydrogen) atoms. The summed E-state index contributed by atoms with van der Waals surface area (Å²) in [7, 11) is 0. The minimum absolute atomic E-state index is 0.119. The van der Waals surface area contributed by atoms with Crippen molar-refractivity contribution in [2.45, 2.75) is 19.9 Å². The maximum Gasteiger partial charge on any atom is 0.295 e. The number of amides is 1. The van der Waals surface area contributed by atoms with Crippen LogP contribution in [0.25, 0.3) is 5.76 Å². The summed E-state index contributed by atoms with van der Waals surface area (Å²) in [6.07, 6.45) is 0. The summed E-state index contributed by atoms with van der Waals surface area (Å²) in [4.78, 5) is 30.0. The van der Waals surface area contributed by atoms with Crippen molar-refractivity contribution in [2.24, 2.45) is 0 Å². The molecule has 2 heterocycles. The number of benzene rings is 2. The highest BCUT2D eigenvalue weighted by Crippen LogP contribution is 2.40. The van der Waals surface area contributed by atoms with Crippen molar-refractivity contribution in [3.8, 4) is 0 Å². The van der Waals surface area contributed by atoms with Crippen LogP contribution in [0.15, 0.2) is 48.0 Å². The number of carbonyl (C=O) groups excluding carboxylic acids is 2. The lowest BCUT2D eigenvalue weighted by molar-refractivity contribution is -0.140. The van der Waals surface area contributed by atoms with E-state index in [0.29, 0.717) is 36.9 Å². The molecule has 168 valence electrons. The van der Waals surface area contributed by atoms with E-state index < -0.39 is 17.7 Å². The van der Waals surface area contributed by atoms with Gasteiger partial charge in [0.2, 0.25) is 0 Å². The number of hydrogen-bond donors (Lipinski definition) is 1. The molecule has 2 saturated heterocycles. The minimum atomic E-state index is -0.673. The molecule has 6 nitrogen and oxygen atoms in total. The Morgan fingerprint density at radius 3 is 2.44 bits per heavy atom. The van der Waals surface area contributed by atoms with Gasteiger partial charge in [-0.1, -0.05) is 41.4 Å². The van der Waals surface area contributed by atoms with Gasteiger partial charge in [0.15, 0.2) is 0 Å². The van der Waals surface area contributed by atoms with Crippen molar-refractivity contribution in [1.82, 2.24) is 9.80 Å². The zero-order valence-electron chi connectivity index (χ0n) is 18.3. The number of morpholine rings is 1. The van der Waals surface area contributed by atoms with Crippen molar-refractivity contribution in [1.29, 1.82) is 0 Å². The Bertz CT molecular complexity index is 1060. The molecule has 2 aromatic rings. The Balaban J connectivity index is 1.76. The number of Topliss-reactive ketones (excluding diaryl/α,β-unsaturated/α-hetero) is 1. The highest BCUT2D eigenvalue weighted by atomic mass is 35.5. The molecule has 0 saturated carbocycles. The highest BCUT2D eigenvalue weighted by molar-refractivity contribution is 6.46. The molecule has 1 amide bonds. The molecular formula is C25H27ClN2O4. The van der Waals surface area contributed by atoms with Crippen molar-refractivity contribution in [2.75, 3.05) is 39.4 Å². The topological polar surface area (TPSA) is 70.1 Å². The summed E-state index contributed by atoms with van der Waals surface area (Å²) in [6.45, 7) is 7.70. The largest absolute Gasteiger partial charge is 0.507 e. The molecule has 1 atom stereocenters. The van der Waals surface area contributed by atoms with Crippen molar-refractivity contribution in [3.05, 3.63) is 75.3 Å². The van der Waals surface area contributed by atoms with Crippen molar-refractivity contribution >= 4 is 29.1 Å². The standard InChI is InChI=1S/C25H27ClN2O4/c1-16-3-4-17(2)20(15-16)23(29)21-22(18-5-7-19(26)8-6-18)28(25(31)24(21)30)10-9-27-11-13-32-14-12-27/h3-8,15,22,29H,9-14H2,1-2H3/b23-21+. The van der Waals surface area contributed by atoms with Crippen LogP contribution in [0.4, 0.5) is 0 Å². The second-order valence-electron chi connectivity index (χ2n) is 8.32. The average molecular weight is 455 g/mol. The van der Waals surface area contributed by atoms with E-state index in [1.165, 1.54) is 0 Å². The number of aliphatic hydroxyl groups is 1. The van der Waals surface area contributed by atoms with Gasteiger partial charge in [0.1, 0.15) is 5.76 Å². The van der Waals surface area contributed by atoms with E-state index in [1.54, 1.807) is 29.2 Å². The monoisotopic (exact) mass is 454 g/mol. The van der Waals surface area contributed by atoms with Gasteiger partial charge in [-0.15, -0.1) is 0 Å². The smallest absolute Gasteiger partial charge is 0.295 e. The van der Waals surface area contributed by atoms with E-state index in [2.05, 4.69) is 4.90 Å². The maximum absolute atomic E-state index is 13.2. The molecule has 7 heteroatoms. The zero-order chi connectivity index (χ0) is 22.8. The van der Waals surface area contributed by atoms with Gasteiger partial charge in [0.05, 0.1) is 24.8 Å². The molecule has 2 aliphatic heterocycles. The number of carbonyl (C=O) groups is 2. The van der Waals surface area contributed by atoms with Crippen LogP contribution < -0.4 is 0 Å². The molecule has 2 aromatic carbocycles. The number of likely N-dealkylation sites (tertiary alicyclic amines) is 1. The molecule has 0 spiro atoms. The second kappa shape index (κ2) is 9.45. The van der Waals surface area contributed by atoms with E-state index in [1.807, 2.05) is 32.0 Å². The number of ether oxygens (including phenoxy) is 1. The van der Waals surface area contributed by atoms with Crippen LogP contribution in [-0.4, -0.2) is 66.0 Å². The number of rotatable bonds is 5. The van der Waals surface area contributed by atoms with Crippen LogP contribution in [0.5, 0.6) is 0 Å². The summed E-state index contributed by atoms with van der Waals surface area (Å²) >= 11 is 6.08. The molecule has 2 aliphatic rings. The van der Waals surface area contributed by atoms with Gasteiger partial charge in [-0.2, -0.15) is 0 Å². The van der Waals surface area contributed by atoms with Gasteiger partial charge in [0, 0.05) is 36.8 Å². The summed E-state index contributed by atoms with van der Waals surface area (Å²) in [5, 5.41) is 11.8. The second-order valence-corrected chi connectivity index (χ2v) is 8.75. The van der Waals surface area contributed by atoms with Crippen LogP contribution in [0.1, 0.15) is 28.3 Å². The van der Waals surface area contributed by atoms with Gasteiger partial charge in [0.25, 0.3) is 11.7 Å². The van der Waals surface area contributed by atoms with Gasteiger partial charge in [-0.3, -0.25) is 14.5 Å². The van der Waals surface area contributed by atoms with Crippen LogP contribution in [0.2, 0.25) is 5.02 Å². The van der Waals surface area contributed by atoms with E-state index >= 15 is 0 Å². The van der Waals surface area contributed by atoms with Crippen LogP contribution in [-0.2, 0) is 14.3 Å². The normalized spacial score (nSPS) is 21.3. The molecular weight excluding hydrogens is 428 g/mol. The lowest BCUT2D eigenvalue weighted by atomic mass is 9.93. The zero-order valence-corrected chi connectivity index (χ0v) is 19.1. The number of hydrogen-bond acceptors (Lipinski definition) is 5. The number of ketones is 1. The van der Waals surface area contributed by atoms with Gasteiger partial charge >= 0.3 is 0 Å². The molecule has 0 bridgehead atoms. The Labute approximate surface area is 193 Å². The molecule has 0 aliphatic carbocycles. The third-order valence-electron chi connectivity index (χ3n) is 6.13. The summed E-state index contributed by atoms with van der Waals surface area (Å²) in [6, 6.07) is 12.1. The van der Waals surface area contributed by atoms with E-state index in [-0.39, 0.29) is 11.3 Å². The highest BCUT2D eigenvalue weighted by Gasteiger charge is 2.46. The quantitative estimate of drug-likeness (QED) is 0.423. The predicted molar refractivity (Wildman–Crippen MR) is 124 cm³/mol. The van der Waals surface area contributed by atoms with Crippen LogP contribution in [0, 0.1) is 13.8 Å². The summed E-state index contributed by atoms with van der Waals surface area (Å²) in [5.74, 6) is -1.39. The maximum atomic E-state index is 13.2. The fraction of sp³-hybridized carbons (Fsp3) is 0.360. The fourth-order valence-electron chi connectivity index (χ4n) is 4.31. The average Bonchev–Trinajstić information content (AvgIpc) is 3.05. The third kappa shape index (κ3) is 4.44. The SMILES string of the molecule is Cc1ccc(C)c(/C(O)=C2\C(=O)C(=O)N(CCN3CCOCC3)C2c2ccc(Cl)cc2)c1. The third-order valence-corrected chi connectivity index (χ3v) is 6.39. The fourth-order valence-corrected chi connectivity index (χ4v) is 4.44. The predicted octanol–water partition coefficient (Wildman–Crippen LogP) is 3.71. The van der Waals surface area contributed by atoms with Crippen LogP contribution in [0.3, 0.4) is 0 Å². The van der Waals surface area contributed by atoms with E-state index in [0.717, 1.165) is 29.8 Å². The molecule has 0 radical (unpaired) electrons. The Morgan fingerprint density at radius 2 is 1.75 bits per heavy atom. The first-order chi connectivity index (χ1) is 15.4. The van der Waals surface area contributed by atoms with Gasteiger partial charge in [-0.25, -0.2) is 0 Å². The molecule has 1 unspecified atom stereocenters. The Kier molecular flexibility index (Phi) is 6.65. The molecule has 2 fully saturated rings. The first-order valence-electron chi connectivity index (χ1n) is 10.8. The summed E-state index contributed by atoms with van der Waals surface area (Å²) in [5.41, 5.74) is 3.22. The first kappa shape index (κ1) is 22.5. The number of halogens is 1. The number of nitrogens with zero attached hydrogens (tertiary/aromatic N) is 2. The molecule has 0 aromatic heterocycles.